The second-order valence-electron chi connectivity index (χ2n) is 4.84. The van der Waals surface area contributed by atoms with Crippen molar-refractivity contribution in [2.45, 2.75) is 13.0 Å². The van der Waals surface area contributed by atoms with Crippen molar-refractivity contribution in [1.82, 2.24) is 25.4 Å². The molecule has 1 atom stereocenters. The molecule has 20 heavy (non-hydrogen) atoms. The van der Waals surface area contributed by atoms with Gasteiger partial charge in [-0.15, -0.1) is 5.10 Å². The first-order chi connectivity index (χ1) is 9.58. The molecule has 0 saturated carbocycles. The molecular formula is C14H19N5O. The van der Waals surface area contributed by atoms with Crippen LogP contribution < -0.4 is 5.32 Å². The number of aromatic amines is 1. The average molecular weight is 273 g/mol. The molecule has 0 fully saturated rings. The van der Waals surface area contributed by atoms with Gasteiger partial charge in [-0.3, -0.25) is 9.89 Å². The van der Waals surface area contributed by atoms with Gasteiger partial charge in [0.15, 0.2) is 0 Å². The topological polar surface area (TPSA) is 73.9 Å². The van der Waals surface area contributed by atoms with Gasteiger partial charge >= 0.3 is 0 Å². The molecule has 1 heterocycles. The third kappa shape index (κ3) is 3.42. The number of aryl methyl sites for hydroxylation is 1. The molecule has 2 N–H and O–H groups in total. The number of rotatable bonds is 5. The number of nitrogens with one attached hydrogen (secondary N) is 2. The van der Waals surface area contributed by atoms with E-state index in [0.29, 0.717) is 12.4 Å². The van der Waals surface area contributed by atoms with Crippen molar-refractivity contribution >= 4 is 5.91 Å². The van der Waals surface area contributed by atoms with Crippen LogP contribution in [0.5, 0.6) is 0 Å². The zero-order chi connectivity index (χ0) is 14.5. The molecule has 2 rings (SSSR count). The number of hydrogen-bond donors (Lipinski definition) is 2. The number of likely N-dealkylation sites (N-methyl/N-ethyl adjacent to an activating group) is 1. The number of nitrogens with zero attached hydrogens (tertiary/aromatic N) is 3. The Morgan fingerprint density at radius 2 is 2.05 bits per heavy atom. The van der Waals surface area contributed by atoms with Gasteiger partial charge in [0.25, 0.3) is 5.91 Å². The summed E-state index contributed by atoms with van der Waals surface area (Å²) in [6.45, 7) is 2.26. The summed E-state index contributed by atoms with van der Waals surface area (Å²) in [4.78, 5) is 18.0. The highest BCUT2D eigenvalue weighted by molar-refractivity contribution is 5.90. The lowest BCUT2D eigenvalue weighted by atomic mass is 10.1. The molecule has 1 unspecified atom stereocenters. The molecule has 0 aliphatic heterocycles. The van der Waals surface area contributed by atoms with Crippen LogP contribution in [0.2, 0.25) is 0 Å². The van der Waals surface area contributed by atoms with Crippen LogP contribution in [0, 0.1) is 6.92 Å². The quantitative estimate of drug-likeness (QED) is 0.857. The fraction of sp³-hybridized carbons (Fsp3) is 0.357. The Labute approximate surface area is 118 Å². The first kappa shape index (κ1) is 14.2. The number of carbonyl (C=O) groups is 1. The van der Waals surface area contributed by atoms with Crippen LogP contribution in [0.25, 0.3) is 0 Å². The van der Waals surface area contributed by atoms with E-state index in [1.165, 1.54) is 0 Å². The largest absolute Gasteiger partial charge is 0.347 e. The normalized spacial score (nSPS) is 12.4. The highest BCUT2D eigenvalue weighted by Crippen LogP contribution is 2.16. The van der Waals surface area contributed by atoms with E-state index in [9.17, 15) is 4.79 Å². The maximum atomic E-state index is 11.9. The van der Waals surface area contributed by atoms with E-state index in [4.69, 9.17) is 0 Å². The predicted molar refractivity (Wildman–Crippen MR) is 76.3 cm³/mol. The van der Waals surface area contributed by atoms with Crippen LogP contribution in [0.4, 0.5) is 0 Å². The first-order valence-electron chi connectivity index (χ1n) is 6.46. The predicted octanol–water partition coefficient (Wildman–Crippen LogP) is 1.15. The number of benzene rings is 1. The minimum Gasteiger partial charge on any atom is -0.347 e. The van der Waals surface area contributed by atoms with Gasteiger partial charge in [-0.25, -0.2) is 4.98 Å². The Kier molecular flexibility index (Phi) is 4.47. The lowest BCUT2D eigenvalue weighted by Gasteiger charge is -2.24. The Balaban J connectivity index is 2.01. The number of carbonyl (C=O) groups excluding carboxylic acids is 1. The average Bonchev–Trinajstić information content (AvgIpc) is 2.86. The van der Waals surface area contributed by atoms with Crippen molar-refractivity contribution in [3.63, 3.8) is 0 Å². The van der Waals surface area contributed by atoms with Gasteiger partial charge in [0, 0.05) is 6.54 Å². The molecule has 0 radical (unpaired) electrons. The second kappa shape index (κ2) is 6.29. The van der Waals surface area contributed by atoms with Gasteiger partial charge in [0.2, 0.25) is 5.82 Å². The third-order valence-electron chi connectivity index (χ3n) is 3.06. The lowest BCUT2D eigenvalue weighted by Crippen LogP contribution is -2.35. The van der Waals surface area contributed by atoms with Crippen molar-refractivity contribution in [3.05, 3.63) is 47.5 Å². The SMILES string of the molecule is Cc1nc(C(=O)NCC(c2ccccc2)N(C)C)n[nH]1. The Morgan fingerprint density at radius 1 is 1.35 bits per heavy atom. The minimum atomic E-state index is -0.267. The number of amides is 1. The molecule has 1 aromatic carbocycles. The molecule has 0 bridgehead atoms. The summed E-state index contributed by atoms with van der Waals surface area (Å²) >= 11 is 0. The Morgan fingerprint density at radius 3 is 2.60 bits per heavy atom. The van der Waals surface area contributed by atoms with Crippen LogP contribution in [0.15, 0.2) is 30.3 Å². The highest BCUT2D eigenvalue weighted by atomic mass is 16.2. The lowest BCUT2D eigenvalue weighted by molar-refractivity contribution is 0.0932. The summed E-state index contributed by atoms with van der Waals surface area (Å²) in [7, 11) is 3.97. The van der Waals surface area contributed by atoms with Gasteiger partial charge in [0.05, 0.1) is 6.04 Å². The van der Waals surface area contributed by atoms with Crippen LogP contribution in [0.1, 0.15) is 28.0 Å². The van der Waals surface area contributed by atoms with Crippen molar-refractivity contribution in [1.29, 1.82) is 0 Å². The molecule has 0 saturated heterocycles. The van der Waals surface area contributed by atoms with Gasteiger partial charge in [0.1, 0.15) is 5.82 Å². The zero-order valence-corrected chi connectivity index (χ0v) is 11.9. The van der Waals surface area contributed by atoms with Crippen molar-refractivity contribution in [2.75, 3.05) is 20.6 Å². The van der Waals surface area contributed by atoms with Crippen molar-refractivity contribution in [3.8, 4) is 0 Å². The van der Waals surface area contributed by atoms with E-state index in [1.807, 2.05) is 44.4 Å². The summed E-state index contributed by atoms with van der Waals surface area (Å²) < 4.78 is 0. The molecule has 106 valence electrons. The number of aromatic nitrogens is 3. The summed E-state index contributed by atoms with van der Waals surface area (Å²) in [5.41, 5.74) is 1.16. The van der Waals surface area contributed by atoms with Crippen molar-refractivity contribution in [2.24, 2.45) is 0 Å². The zero-order valence-electron chi connectivity index (χ0n) is 11.9. The fourth-order valence-corrected chi connectivity index (χ4v) is 1.99. The number of hydrogen-bond acceptors (Lipinski definition) is 4. The van der Waals surface area contributed by atoms with Gasteiger partial charge < -0.3 is 10.2 Å². The molecule has 0 aliphatic carbocycles. The maximum absolute atomic E-state index is 11.9. The minimum absolute atomic E-state index is 0.111. The smallest absolute Gasteiger partial charge is 0.291 e. The summed E-state index contributed by atoms with van der Waals surface area (Å²) in [6.07, 6.45) is 0. The van der Waals surface area contributed by atoms with Gasteiger partial charge in [-0.2, -0.15) is 0 Å². The summed E-state index contributed by atoms with van der Waals surface area (Å²) in [5.74, 6) is 0.535. The van der Waals surface area contributed by atoms with E-state index in [1.54, 1.807) is 6.92 Å². The fourth-order valence-electron chi connectivity index (χ4n) is 1.99. The molecule has 0 spiro atoms. The molecule has 0 aliphatic rings. The van der Waals surface area contributed by atoms with E-state index in [-0.39, 0.29) is 17.8 Å². The highest BCUT2D eigenvalue weighted by Gasteiger charge is 2.17. The van der Waals surface area contributed by atoms with Crippen LogP contribution in [0.3, 0.4) is 0 Å². The molecule has 6 nitrogen and oxygen atoms in total. The monoisotopic (exact) mass is 273 g/mol. The molecule has 6 heteroatoms. The summed E-state index contributed by atoms with van der Waals surface area (Å²) in [5, 5.41) is 9.38. The maximum Gasteiger partial charge on any atom is 0.291 e. The summed E-state index contributed by atoms with van der Waals surface area (Å²) in [6, 6.07) is 10.2. The third-order valence-corrected chi connectivity index (χ3v) is 3.06. The van der Waals surface area contributed by atoms with E-state index in [0.717, 1.165) is 5.56 Å². The van der Waals surface area contributed by atoms with Gasteiger partial charge in [-0.1, -0.05) is 30.3 Å². The first-order valence-corrected chi connectivity index (χ1v) is 6.46. The second-order valence-corrected chi connectivity index (χ2v) is 4.84. The molecule has 2 aromatic rings. The Bertz CT molecular complexity index is 564. The standard InChI is InChI=1S/C14H19N5O/c1-10-16-13(18-17-10)14(20)15-9-12(19(2)3)11-7-5-4-6-8-11/h4-8,12H,9H2,1-3H3,(H,15,20)(H,16,17,18). The number of H-pyrrole nitrogens is 1. The van der Waals surface area contributed by atoms with Crippen LogP contribution >= 0.6 is 0 Å². The van der Waals surface area contributed by atoms with Gasteiger partial charge in [-0.05, 0) is 26.6 Å². The molecule has 1 aromatic heterocycles. The van der Waals surface area contributed by atoms with E-state index < -0.39 is 0 Å². The van der Waals surface area contributed by atoms with Crippen LogP contribution in [-0.4, -0.2) is 46.6 Å². The van der Waals surface area contributed by atoms with E-state index >= 15 is 0 Å². The van der Waals surface area contributed by atoms with Crippen molar-refractivity contribution < 1.29 is 4.79 Å². The van der Waals surface area contributed by atoms with Crippen LogP contribution in [-0.2, 0) is 0 Å². The molecule has 1 amide bonds. The Hall–Kier alpha value is -2.21. The van der Waals surface area contributed by atoms with E-state index in [2.05, 4.69) is 25.4 Å². The molecular weight excluding hydrogens is 254 g/mol.